The van der Waals surface area contributed by atoms with Crippen LogP contribution in [-0.4, -0.2) is 35.2 Å². The average molecular weight is 188 g/mol. The minimum atomic E-state index is -1.19. The summed E-state index contributed by atoms with van der Waals surface area (Å²) in [4.78, 5) is 31.7. The average Bonchev–Trinajstić information content (AvgIpc) is 2.11. The molecule has 0 rings (SSSR count). The first-order valence-electron chi connectivity index (χ1n) is 3.73. The minimum Gasteiger partial charge on any atom is -0.480 e. The van der Waals surface area contributed by atoms with Gasteiger partial charge in [0.15, 0.2) is 5.78 Å². The number of ketones is 2. The second kappa shape index (κ2) is 5.39. The maximum atomic E-state index is 10.8. The van der Waals surface area contributed by atoms with Crippen LogP contribution in [0.15, 0.2) is 0 Å². The third-order valence-electron chi connectivity index (χ3n) is 1.50. The number of aliphatic carboxylic acids is 1. The zero-order chi connectivity index (χ0) is 10.4. The smallest absolute Gasteiger partial charge is 0.320 e. The van der Waals surface area contributed by atoms with E-state index >= 15 is 0 Å². The van der Waals surface area contributed by atoms with Gasteiger partial charge in [0.2, 0.25) is 5.78 Å². The number of nitrogens with two attached hydrogens (primary N) is 2. The van der Waals surface area contributed by atoms with Crippen molar-refractivity contribution < 1.29 is 19.5 Å². The van der Waals surface area contributed by atoms with Gasteiger partial charge in [-0.3, -0.25) is 14.4 Å². The van der Waals surface area contributed by atoms with Crippen LogP contribution in [0.25, 0.3) is 0 Å². The number of hydrogen-bond donors (Lipinski definition) is 3. The van der Waals surface area contributed by atoms with Gasteiger partial charge in [0.05, 0.1) is 6.54 Å². The Labute approximate surface area is 74.9 Å². The number of hydrogen-bond acceptors (Lipinski definition) is 5. The fourth-order valence-electron chi connectivity index (χ4n) is 0.663. The summed E-state index contributed by atoms with van der Waals surface area (Å²) in [5.74, 6) is -2.55. The third-order valence-corrected chi connectivity index (χ3v) is 1.50. The van der Waals surface area contributed by atoms with Gasteiger partial charge in [-0.15, -0.1) is 0 Å². The van der Waals surface area contributed by atoms with Gasteiger partial charge in [0.25, 0.3) is 0 Å². The number of rotatable bonds is 6. The van der Waals surface area contributed by atoms with Crippen molar-refractivity contribution in [3.8, 4) is 0 Å². The van der Waals surface area contributed by atoms with Crippen LogP contribution in [-0.2, 0) is 14.4 Å². The quantitative estimate of drug-likeness (QED) is 0.426. The molecular formula is C7H12N2O4. The van der Waals surface area contributed by atoms with Crippen LogP contribution < -0.4 is 11.5 Å². The lowest BCUT2D eigenvalue weighted by atomic mass is 10.1. The summed E-state index contributed by atoms with van der Waals surface area (Å²) in [6.45, 7) is -0.346. The first kappa shape index (κ1) is 11.7. The van der Waals surface area contributed by atoms with Gasteiger partial charge >= 0.3 is 5.97 Å². The van der Waals surface area contributed by atoms with Gasteiger partial charge in [-0.1, -0.05) is 0 Å². The standard InChI is InChI=1S/C7H12N2O4/c8-3-6(11)5(10)2-1-4(9)7(12)13/h4H,1-3,8-9H2,(H,12,13)/t4-/m0/s1. The first-order chi connectivity index (χ1) is 5.99. The summed E-state index contributed by atoms with van der Waals surface area (Å²) in [6, 6.07) is -1.10. The molecule has 0 aromatic carbocycles. The van der Waals surface area contributed by atoms with E-state index in [-0.39, 0.29) is 19.4 Å². The molecule has 0 spiro atoms. The van der Waals surface area contributed by atoms with Crippen molar-refractivity contribution in [3.63, 3.8) is 0 Å². The number of carbonyl (C=O) groups excluding carboxylic acids is 2. The van der Waals surface area contributed by atoms with Crippen LogP contribution in [0.3, 0.4) is 0 Å². The highest BCUT2D eigenvalue weighted by Gasteiger charge is 2.16. The Balaban J connectivity index is 3.83. The van der Waals surface area contributed by atoms with Gasteiger partial charge in [0.1, 0.15) is 6.04 Å². The van der Waals surface area contributed by atoms with Crippen molar-refractivity contribution in [2.45, 2.75) is 18.9 Å². The number of carbonyl (C=O) groups is 3. The van der Waals surface area contributed by atoms with Crippen molar-refractivity contribution >= 4 is 17.5 Å². The van der Waals surface area contributed by atoms with E-state index in [1.54, 1.807) is 0 Å². The lowest BCUT2D eigenvalue weighted by molar-refractivity contribution is -0.139. The Morgan fingerprint density at radius 1 is 1.23 bits per heavy atom. The molecule has 0 saturated carbocycles. The van der Waals surface area contributed by atoms with Crippen LogP contribution in [0.4, 0.5) is 0 Å². The monoisotopic (exact) mass is 188 g/mol. The predicted octanol–water partition coefficient (Wildman–Crippen LogP) is -1.72. The largest absolute Gasteiger partial charge is 0.480 e. The topological polar surface area (TPSA) is 123 Å². The molecule has 0 aromatic rings. The summed E-state index contributed by atoms with van der Waals surface area (Å²) < 4.78 is 0. The molecule has 0 aliphatic rings. The summed E-state index contributed by atoms with van der Waals surface area (Å²) in [5, 5.41) is 8.34. The van der Waals surface area contributed by atoms with Crippen molar-refractivity contribution in [3.05, 3.63) is 0 Å². The van der Waals surface area contributed by atoms with E-state index in [1.165, 1.54) is 0 Å². The van der Waals surface area contributed by atoms with E-state index in [0.29, 0.717) is 0 Å². The minimum absolute atomic E-state index is 0.0418. The molecule has 0 bridgehead atoms. The zero-order valence-corrected chi connectivity index (χ0v) is 7.03. The van der Waals surface area contributed by atoms with Crippen LogP contribution in [0.1, 0.15) is 12.8 Å². The molecule has 0 heterocycles. The molecule has 0 amide bonds. The normalized spacial score (nSPS) is 12.2. The predicted molar refractivity (Wildman–Crippen MR) is 43.9 cm³/mol. The number of carboxylic acids is 1. The summed E-state index contributed by atoms with van der Waals surface area (Å²) >= 11 is 0. The SMILES string of the molecule is NCC(=O)C(=O)CC[C@H](N)C(=O)O. The Hall–Kier alpha value is -1.27. The van der Waals surface area contributed by atoms with E-state index in [0.717, 1.165) is 0 Å². The van der Waals surface area contributed by atoms with Gasteiger partial charge in [0, 0.05) is 6.42 Å². The summed E-state index contributed by atoms with van der Waals surface area (Å²) in [7, 11) is 0. The van der Waals surface area contributed by atoms with E-state index in [2.05, 4.69) is 0 Å². The molecule has 6 heteroatoms. The van der Waals surface area contributed by atoms with Crippen LogP contribution in [0, 0.1) is 0 Å². The third kappa shape index (κ3) is 4.34. The zero-order valence-electron chi connectivity index (χ0n) is 7.03. The number of carboxylic acid groups (broad SMARTS) is 1. The Kier molecular flexibility index (Phi) is 4.86. The Morgan fingerprint density at radius 2 is 1.77 bits per heavy atom. The van der Waals surface area contributed by atoms with Crippen LogP contribution in [0.5, 0.6) is 0 Å². The summed E-state index contributed by atoms with van der Waals surface area (Å²) in [5.41, 5.74) is 10.0. The molecule has 0 unspecified atom stereocenters. The van der Waals surface area contributed by atoms with E-state index < -0.39 is 23.6 Å². The molecule has 0 aromatic heterocycles. The van der Waals surface area contributed by atoms with Crippen molar-refractivity contribution in [1.29, 1.82) is 0 Å². The molecule has 5 N–H and O–H groups in total. The fraction of sp³-hybridized carbons (Fsp3) is 0.571. The second-order valence-electron chi connectivity index (χ2n) is 2.53. The highest BCUT2D eigenvalue weighted by atomic mass is 16.4. The van der Waals surface area contributed by atoms with E-state index in [1.807, 2.05) is 0 Å². The van der Waals surface area contributed by atoms with Gasteiger partial charge in [-0.2, -0.15) is 0 Å². The molecule has 0 radical (unpaired) electrons. The molecule has 0 aliphatic heterocycles. The molecule has 74 valence electrons. The van der Waals surface area contributed by atoms with Crippen LogP contribution >= 0.6 is 0 Å². The molecular weight excluding hydrogens is 176 g/mol. The van der Waals surface area contributed by atoms with E-state index in [9.17, 15) is 14.4 Å². The van der Waals surface area contributed by atoms with Crippen molar-refractivity contribution in [2.75, 3.05) is 6.54 Å². The van der Waals surface area contributed by atoms with Gasteiger partial charge in [-0.25, -0.2) is 0 Å². The maximum Gasteiger partial charge on any atom is 0.320 e. The van der Waals surface area contributed by atoms with Crippen LogP contribution in [0.2, 0.25) is 0 Å². The molecule has 0 saturated heterocycles. The molecule has 1 atom stereocenters. The van der Waals surface area contributed by atoms with Gasteiger partial charge < -0.3 is 16.6 Å². The fourth-order valence-corrected chi connectivity index (χ4v) is 0.663. The molecule has 6 nitrogen and oxygen atoms in total. The second-order valence-corrected chi connectivity index (χ2v) is 2.53. The lowest BCUT2D eigenvalue weighted by Crippen LogP contribution is -2.32. The van der Waals surface area contributed by atoms with Gasteiger partial charge in [-0.05, 0) is 6.42 Å². The Morgan fingerprint density at radius 3 is 2.15 bits per heavy atom. The molecule has 13 heavy (non-hydrogen) atoms. The highest BCUT2D eigenvalue weighted by molar-refractivity contribution is 6.37. The first-order valence-corrected chi connectivity index (χ1v) is 3.73. The van der Waals surface area contributed by atoms with E-state index in [4.69, 9.17) is 16.6 Å². The number of Topliss-reactive ketones (excluding diaryl/α,β-unsaturated/α-hetero) is 2. The lowest BCUT2D eigenvalue weighted by Gasteiger charge is -2.03. The Bertz CT molecular complexity index is 227. The highest BCUT2D eigenvalue weighted by Crippen LogP contribution is 1.96. The van der Waals surface area contributed by atoms with Crippen molar-refractivity contribution in [2.24, 2.45) is 11.5 Å². The maximum absolute atomic E-state index is 10.8. The summed E-state index contributed by atoms with van der Waals surface area (Å²) in [6.07, 6.45) is -0.205. The molecule has 0 aliphatic carbocycles. The van der Waals surface area contributed by atoms with Crippen molar-refractivity contribution in [1.82, 2.24) is 0 Å². The molecule has 0 fully saturated rings.